The lowest BCUT2D eigenvalue weighted by Crippen LogP contribution is -1.94. The Labute approximate surface area is 55.2 Å². The molecule has 0 aromatic heterocycles. The number of hydrogen-bond donors (Lipinski definition) is 0. The van der Waals surface area contributed by atoms with E-state index in [1.54, 1.807) is 0 Å². The van der Waals surface area contributed by atoms with Crippen LogP contribution < -0.4 is 5.32 Å². The van der Waals surface area contributed by atoms with E-state index in [0.29, 0.717) is 0 Å². The van der Waals surface area contributed by atoms with Gasteiger partial charge >= 0.3 is 0 Å². The minimum absolute atomic E-state index is 0.190. The Morgan fingerprint density at radius 2 is 2.22 bits per heavy atom. The lowest BCUT2D eigenvalue weighted by atomic mass is 10.5. The molecule has 0 spiro atoms. The molecule has 5 heteroatoms. The third-order valence-corrected chi connectivity index (χ3v) is 0.851. The Balaban J connectivity index is 2.64. The van der Waals surface area contributed by atoms with Crippen molar-refractivity contribution in [2.45, 2.75) is 6.43 Å². The highest BCUT2D eigenvalue weighted by Crippen LogP contribution is 2.13. The van der Waals surface area contributed by atoms with Crippen LogP contribution in [-0.4, -0.2) is 11.7 Å². The van der Waals surface area contributed by atoms with Gasteiger partial charge in [-0.25, -0.2) is 19.1 Å². The summed E-state index contributed by atoms with van der Waals surface area (Å²) in [7, 11) is 0. The number of amidine groups is 1. The molecule has 1 rings (SSSR count). The summed E-state index contributed by atoms with van der Waals surface area (Å²) in [5, 5.41) is 3.00. The summed E-state index contributed by atoms with van der Waals surface area (Å²) in [5.74, 6) is 0. The number of nitrogens with zero attached hydrogens (tertiary/aromatic N) is 2. The molecule has 0 atom stereocenters. The Morgan fingerprint density at radius 1 is 1.56 bits per heavy atom. The maximum Gasteiger partial charge on any atom is 0.282 e. The van der Waals surface area contributed by atoms with Crippen molar-refractivity contribution in [2.75, 3.05) is 0 Å². The zero-order valence-electron chi connectivity index (χ0n) is 4.11. The molecule has 0 aromatic rings. The number of aliphatic imine (C=N–C) groups is 1. The van der Waals surface area contributed by atoms with E-state index in [4.69, 9.17) is 11.6 Å². The molecule has 48 valence electrons. The number of halogens is 3. The first-order valence-corrected chi connectivity index (χ1v) is 2.44. The van der Waals surface area contributed by atoms with E-state index in [-0.39, 0.29) is 5.29 Å². The Kier molecular flexibility index (Phi) is 1.66. The third kappa shape index (κ3) is 1.38. The van der Waals surface area contributed by atoms with Gasteiger partial charge in [-0.2, -0.15) is 0 Å². The summed E-state index contributed by atoms with van der Waals surface area (Å²) >= 11 is 5.12. The summed E-state index contributed by atoms with van der Waals surface area (Å²) in [6.07, 6.45) is -0.672. The molecule has 0 N–H and O–H groups in total. The molecule has 9 heavy (non-hydrogen) atoms. The van der Waals surface area contributed by atoms with Gasteiger partial charge in [0, 0.05) is 0 Å². The van der Waals surface area contributed by atoms with Gasteiger partial charge in [0.2, 0.25) is 5.29 Å². The van der Waals surface area contributed by atoms with Crippen LogP contribution in [-0.2, 0) is 0 Å². The molecule has 2 radical (unpaired) electrons. The van der Waals surface area contributed by atoms with Crippen LogP contribution >= 0.6 is 11.6 Å². The summed E-state index contributed by atoms with van der Waals surface area (Å²) in [5.41, 5.74) is -0.500. The van der Waals surface area contributed by atoms with E-state index in [1.165, 1.54) is 0 Å². The molecule has 2 nitrogen and oxygen atoms in total. The lowest BCUT2D eigenvalue weighted by Gasteiger charge is -1.88. The van der Waals surface area contributed by atoms with Crippen LogP contribution in [0.15, 0.2) is 10.7 Å². The van der Waals surface area contributed by atoms with Crippen LogP contribution in [0.25, 0.3) is 0 Å². The second kappa shape index (κ2) is 2.31. The largest absolute Gasteiger partial charge is 0.282 e. The minimum atomic E-state index is -2.63. The fourth-order valence-corrected chi connectivity index (χ4v) is 0.484. The molecule has 1 heterocycles. The van der Waals surface area contributed by atoms with Crippen LogP contribution in [0.5, 0.6) is 0 Å². The van der Waals surface area contributed by atoms with Gasteiger partial charge in [-0.15, -0.1) is 0 Å². The first-order valence-electron chi connectivity index (χ1n) is 2.06. The smallest absolute Gasteiger partial charge is 0.215 e. The van der Waals surface area contributed by atoms with Crippen molar-refractivity contribution in [3.05, 3.63) is 11.9 Å². The number of alkyl halides is 2. The fraction of sp³-hybridized carbons (Fsp3) is 0.250. The lowest BCUT2D eigenvalue weighted by molar-refractivity contribution is 0.188. The zero-order valence-corrected chi connectivity index (χ0v) is 4.86. The minimum Gasteiger partial charge on any atom is -0.215 e. The Hall–Kier alpha value is -0.640. The monoisotopic (exact) mass is 150 g/mol. The van der Waals surface area contributed by atoms with Gasteiger partial charge in [0.05, 0.1) is 0 Å². The summed E-state index contributed by atoms with van der Waals surface area (Å²) in [6.45, 7) is 0. The van der Waals surface area contributed by atoms with Crippen molar-refractivity contribution in [3.63, 3.8) is 0 Å². The Bertz CT molecular complexity index is 175. The Morgan fingerprint density at radius 3 is 2.44 bits per heavy atom. The summed E-state index contributed by atoms with van der Waals surface area (Å²) < 4.78 is 23.2. The second-order valence-corrected chi connectivity index (χ2v) is 1.63. The van der Waals surface area contributed by atoms with Crippen LogP contribution in [0.4, 0.5) is 8.78 Å². The van der Waals surface area contributed by atoms with Crippen LogP contribution in [0.3, 0.4) is 0 Å². The topological polar surface area (TPSA) is 26.5 Å². The zero-order chi connectivity index (χ0) is 6.85. The highest BCUT2D eigenvalue weighted by Gasteiger charge is 2.16. The van der Waals surface area contributed by atoms with E-state index < -0.39 is 12.1 Å². The van der Waals surface area contributed by atoms with Gasteiger partial charge in [0.15, 0.2) is 0 Å². The molecular weight excluding hydrogens is 150 g/mol. The van der Waals surface area contributed by atoms with E-state index in [0.717, 1.165) is 0 Å². The van der Waals surface area contributed by atoms with Crippen molar-refractivity contribution < 1.29 is 8.78 Å². The van der Waals surface area contributed by atoms with Crippen molar-refractivity contribution in [2.24, 2.45) is 4.99 Å². The quantitative estimate of drug-likeness (QED) is 0.501. The predicted octanol–water partition coefficient (Wildman–Crippen LogP) is 1.11. The highest BCUT2D eigenvalue weighted by atomic mass is 35.5. The molecule has 0 saturated carbocycles. The maximum absolute atomic E-state index is 11.6. The molecule has 0 saturated heterocycles. The van der Waals surface area contributed by atoms with Gasteiger partial charge in [0.1, 0.15) is 11.9 Å². The maximum atomic E-state index is 11.6. The fourth-order valence-electron chi connectivity index (χ4n) is 0.350. The van der Waals surface area contributed by atoms with Crippen molar-refractivity contribution in [1.82, 2.24) is 5.32 Å². The first kappa shape index (κ1) is 6.48. The first-order chi connectivity index (χ1) is 4.20. The van der Waals surface area contributed by atoms with Crippen molar-refractivity contribution in [3.8, 4) is 0 Å². The SMILES string of the molecule is FC(F)C1=[C][N]C(Cl)=N1. The highest BCUT2D eigenvalue weighted by molar-refractivity contribution is 6.65. The second-order valence-electron chi connectivity index (χ2n) is 1.29. The molecule has 0 aliphatic carbocycles. The third-order valence-electron chi connectivity index (χ3n) is 0.682. The summed E-state index contributed by atoms with van der Waals surface area (Å²) in [4.78, 5) is 3.16. The molecular formula is C4HClF2N2. The predicted molar refractivity (Wildman–Crippen MR) is 28.2 cm³/mol. The standard InChI is InChI=1S/C4HClF2N2/c5-4-8-1-2(9-4)3(6)7/h3H. The number of rotatable bonds is 1. The molecule has 0 amide bonds. The van der Waals surface area contributed by atoms with Crippen molar-refractivity contribution in [1.29, 1.82) is 0 Å². The van der Waals surface area contributed by atoms with Gasteiger partial charge in [-0.3, -0.25) is 0 Å². The average molecular weight is 151 g/mol. The number of hydrogen-bond acceptors (Lipinski definition) is 1. The van der Waals surface area contributed by atoms with E-state index in [2.05, 4.69) is 10.3 Å². The normalized spacial score (nSPS) is 17.3. The molecule has 1 aliphatic rings. The van der Waals surface area contributed by atoms with E-state index in [1.807, 2.05) is 6.20 Å². The molecule has 1 aliphatic heterocycles. The number of allylic oxidation sites excluding steroid dienone is 1. The van der Waals surface area contributed by atoms with Gasteiger partial charge < -0.3 is 0 Å². The van der Waals surface area contributed by atoms with Gasteiger partial charge in [0.25, 0.3) is 6.43 Å². The van der Waals surface area contributed by atoms with Crippen LogP contribution in [0, 0.1) is 6.20 Å². The van der Waals surface area contributed by atoms with E-state index in [9.17, 15) is 8.78 Å². The van der Waals surface area contributed by atoms with E-state index >= 15 is 0 Å². The average Bonchev–Trinajstić information content (AvgIpc) is 2.14. The summed E-state index contributed by atoms with van der Waals surface area (Å²) in [6, 6.07) is 0. The molecule has 0 bridgehead atoms. The van der Waals surface area contributed by atoms with Crippen LogP contribution in [0.1, 0.15) is 0 Å². The van der Waals surface area contributed by atoms with Crippen LogP contribution in [0.2, 0.25) is 0 Å². The molecule has 0 aromatic carbocycles. The van der Waals surface area contributed by atoms with Crippen molar-refractivity contribution >= 4 is 16.9 Å². The van der Waals surface area contributed by atoms with Gasteiger partial charge in [-0.05, 0) is 11.6 Å². The molecule has 0 fully saturated rings. The molecule has 0 unspecified atom stereocenters. The van der Waals surface area contributed by atoms with Gasteiger partial charge in [-0.1, -0.05) is 0 Å².